The van der Waals surface area contributed by atoms with E-state index in [1.807, 2.05) is 35.7 Å². The van der Waals surface area contributed by atoms with Crippen molar-refractivity contribution in [2.24, 2.45) is 5.90 Å². The number of aromatic nitrogens is 1. The molecule has 5 nitrogen and oxygen atoms in total. The van der Waals surface area contributed by atoms with Crippen LogP contribution in [-0.2, 0) is 6.54 Å². The molecule has 4 rings (SSSR count). The summed E-state index contributed by atoms with van der Waals surface area (Å²) in [4.78, 5) is 14.4. The van der Waals surface area contributed by atoms with Crippen LogP contribution in [0.25, 0.3) is 10.6 Å². The average Bonchev–Trinajstić information content (AvgIpc) is 3.06. The fourth-order valence-corrected chi connectivity index (χ4v) is 4.39. The third-order valence-electron chi connectivity index (χ3n) is 4.96. The number of anilines is 1. The zero-order chi connectivity index (χ0) is 19.3. The third kappa shape index (κ3) is 4.16. The first kappa shape index (κ1) is 18.9. The molecule has 1 fully saturated rings. The molecule has 0 atom stereocenters. The largest absolute Gasteiger partial charge is 0.409 e. The zero-order valence-corrected chi connectivity index (χ0v) is 16.4. The van der Waals surface area contributed by atoms with Gasteiger partial charge in [-0.2, -0.15) is 5.90 Å². The van der Waals surface area contributed by atoms with Gasteiger partial charge in [-0.15, -0.1) is 11.3 Å². The Morgan fingerprint density at radius 1 is 1.04 bits per heavy atom. The molecule has 1 aliphatic rings. The lowest BCUT2D eigenvalue weighted by atomic mass is 10.2. The molecular weight excluding hydrogens is 375 g/mol. The molecule has 0 spiro atoms. The Hall–Kier alpha value is -2.48. The molecule has 2 heterocycles. The van der Waals surface area contributed by atoms with Gasteiger partial charge in [-0.05, 0) is 30.7 Å². The lowest BCUT2D eigenvalue weighted by Gasteiger charge is -2.24. The Labute approximate surface area is 168 Å². The Morgan fingerprint density at radius 2 is 1.86 bits per heavy atom. The van der Waals surface area contributed by atoms with Crippen LogP contribution in [0.1, 0.15) is 12.1 Å². The van der Waals surface area contributed by atoms with E-state index in [0.29, 0.717) is 11.3 Å². The summed E-state index contributed by atoms with van der Waals surface area (Å²) in [6.07, 6.45) is 1.04. The molecule has 0 bridgehead atoms. The normalized spacial score (nSPS) is 15.4. The number of hydrogen-bond donors (Lipinski definition) is 1. The summed E-state index contributed by atoms with van der Waals surface area (Å²) in [5.41, 5.74) is 2.59. The molecule has 1 aliphatic heterocycles. The van der Waals surface area contributed by atoms with Gasteiger partial charge >= 0.3 is 0 Å². The van der Waals surface area contributed by atoms with Crippen LogP contribution in [0.2, 0.25) is 0 Å². The Bertz CT molecular complexity index is 932. The van der Waals surface area contributed by atoms with E-state index in [-0.39, 0.29) is 5.82 Å². The second kappa shape index (κ2) is 8.68. The van der Waals surface area contributed by atoms with Crippen molar-refractivity contribution >= 4 is 17.0 Å². The second-order valence-electron chi connectivity index (χ2n) is 6.83. The molecule has 2 aromatic carbocycles. The lowest BCUT2D eigenvalue weighted by molar-refractivity contribution is 0.282. The molecule has 0 radical (unpaired) electrons. The Kier molecular flexibility index (Phi) is 5.85. The Morgan fingerprint density at radius 3 is 2.71 bits per heavy atom. The molecule has 7 heteroatoms. The second-order valence-corrected chi connectivity index (χ2v) is 7.68. The highest BCUT2D eigenvalue weighted by atomic mass is 32.1. The minimum absolute atomic E-state index is 0.227. The molecule has 0 saturated carbocycles. The van der Waals surface area contributed by atoms with Crippen molar-refractivity contribution in [2.45, 2.75) is 13.0 Å². The summed E-state index contributed by atoms with van der Waals surface area (Å²) in [5, 5.41) is 2.76. The van der Waals surface area contributed by atoms with E-state index in [0.717, 1.165) is 55.5 Å². The van der Waals surface area contributed by atoms with Crippen LogP contribution < -0.4 is 15.6 Å². The van der Waals surface area contributed by atoms with Crippen LogP contribution in [0.4, 0.5) is 10.1 Å². The van der Waals surface area contributed by atoms with E-state index < -0.39 is 0 Å². The number of halogens is 1. The summed E-state index contributed by atoms with van der Waals surface area (Å²) < 4.78 is 14.0. The van der Waals surface area contributed by atoms with Gasteiger partial charge in [0.25, 0.3) is 0 Å². The van der Waals surface area contributed by atoms with Gasteiger partial charge in [0.15, 0.2) is 5.75 Å². The first-order chi connectivity index (χ1) is 13.7. The zero-order valence-electron chi connectivity index (χ0n) is 15.6. The van der Waals surface area contributed by atoms with E-state index in [9.17, 15) is 4.39 Å². The van der Waals surface area contributed by atoms with E-state index in [2.05, 4.69) is 14.8 Å². The maximum Gasteiger partial charge on any atom is 0.170 e. The maximum atomic E-state index is 14.0. The smallest absolute Gasteiger partial charge is 0.170 e. The number of thiazole rings is 1. The molecular formula is C21H23FN4OS. The number of hydrogen-bond acceptors (Lipinski definition) is 6. The molecule has 1 saturated heterocycles. The Balaban J connectivity index is 1.41. The van der Waals surface area contributed by atoms with Crippen LogP contribution >= 0.6 is 11.3 Å². The molecule has 0 aliphatic carbocycles. The predicted octanol–water partition coefficient (Wildman–Crippen LogP) is 3.91. The van der Waals surface area contributed by atoms with Crippen molar-refractivity contribution in [3.05, 3.63) is 65.4 Å². The van der Waals surface area contributed by atoms with E-state index in [4.69, 9.17) is 10.7 Å². The number of nitrogens with two attached hydrogens (primary N) is 1. The van der Waals surface area contributed by atoms with Crippen LogP contribution in [-0.4, -0.2) is 36.1 Å². The number of nitrogens with zero attached hydrogens (tertiary/aromatic N) is 3. The standard InChI is InChI=1S/C21H23FN4OS/c22-18-7-2-1-6-17(18)21-24-16(15-28-21)14-25-10-5-11-26(13-12-25)19-8-3-4-9-20(19)27-23/h1-4,6-9,15H,5,10-14,23H2. The van der Waals surface area contributed by atoms with Crippen molar-refractivity contribution in [1.82, 2.24) is 9.88 Å². The topological polar surface area (TPSA) is 54.6 Å². The van der Waals surface area contributed by atoms with Gasteiger partial charge in [-0.25, -0.2) is 9.37 Å². The number of para-hydroxylation sites is 2. The van der Waals surface area contributed by atoms with E-state index in [1.165, 1.54) is 17.4 Å². The molecule has 0 unspecified atom stereocenters. The average molecular weight is 399 g/mol. The summed E-state index contributed by atoms with van der Waals surface area (Å²) in [7, 11) is 0. The highest BCUT2D eigenvalue weighted by Gasteiger charge is 2.19. The fraction of sp³-hybridized carbons (Fsp3) is 0.286. The molecule has 146 valence electrons. The van der Waals surface area contributed by atoms with Crippen molar-refractivity contribution < 1.29 is 9.23 Å². The minimum Gasteiger partial charge on any atom is -0.409 e. The SMILES string of the molecule is NOc1ccccc1N1CCCN(Cc2csc(-c3ccccc3F)n2)CC1. The van der Waals surface area contributed by atoms with Gasteiger partial charge in [0.1, 0.15) is 10.8 Å². The highest BCUT2D eigenvalue weighted by Crippen LogP contribution is 2.29. The van der Waals surface area contributed by atoms with Crippen LogP contribution in [0.5, 0.6) is 5.75 Å². The predicted molar refractivity (Wildman–Crippen MR) is 111 cm³/mol. The van der Waals surface area contributed by atoms with Gasteiger partial charge in [0.2, 0.25) is 0 Å². The quantitative estimate of drug-likeness (QED) is 0.661. The summed E-state index contributed by atoms with van der Waals surface area (Å²) in [6.45, 7) is 4.53. The molecule has 2 N–H and O–H groups in total. The number of benzene rings is 2. The van der Waals surface area contributed by atoms with Gasteiger partial charge < -0.3 is 9.74 Å². The molecule has 1 aromatic heterocycles. The van der Waals surface area contributed by atoms with E-state index >= 15 is 0 Å². The van der Waals surface area contributed by atoms with Crippen LogP contribution in [0.3, 0.4) is 0 Å². The van der Waals surface area contributed by atoms with Gasteiger partial charge in [0.05, 0.1) is 11.4 Å². The van der Waals surface area contributed by atoms with Crippen LogP contribution in [0, 0.1) is 5.82 Å². The van der Waals surface area contributed by atoms with Crippen molar-refractivity contribution in [3.63, 3.8) is 0 Å². The van der Waals surface area contributed by atoms with Gasteiger partial charge in [0, 0.05) is 43.7 Å². The summed E-state index contributed by atoms with van der Waals surface area (Å²) in [5.74, 6) is 5.89. The van der Waals surface area contributed by atoms with Crippen molar-refractivity contribution in [2.75, 3.05) is 31.1 Å². The third-order valence-corrected chi connectivity index (χ3v) is 5.89. The lowest BCUT2D eigenvalue weighted by Crippen LogP contribution is -2.31. The van der Waals surface area contributed by atoms with Gasteiger partial charge in [-0.1, -0.05) is 24.3 Å². The first-order valence-corrected chi connectivity index (χ1v) is 10.2. The maximum absolute atomic E-state index is 14.0. The van der Waals surface area contributed by atoms with E-state index in [1.54, 1.807) is 12.1 Å². The summed E-state index contributed by atoms with van der Waals surface area (Å²) in [6, 6.07) is 14.6. The monoisotopic (exact) mass is 398 g/mol. The molecule has 3 aromatic rings. The molecule has 28 heavy (non-hydrogen) atoms. The molecule has 0 amide bonds. The van der Waals surface area contributed by atoms with Crippen LogP contribution in [0.15, 0.2) is 53.9 Å². The number of rotatable bonds is 5. The van der Waals surface area contributed by atoms with Gasteiger partial charge in [-0.3, -0.25) is 4.90 Å². The van der Waals surface area contributed by atoms with Crippen molar-refractivity contribution in [3.8, 4) is 16.3 Å². The first-order valence-electron chi connectivity index (χ1n) is 9.37. The summed E-state index contributed by atoms with van der Waals surface area (Å²) >= 11 is 1.49. The van der Waals surface area contributed by atoms with Crippen molar-refractivity contribution in [1.29, 1.82) is 0 Å². The minimum atomic E-state index is -0.227. The highest BCUT2D eigenvalue weighted by molar-refractivity contribution is 7.13. The fourth-order valence-electron chi connectivity index (χ4n) is 3.56.